The average molecular weight is 374 g/mol. The number of nitrogens with zero attached hydrogens (tertiary/aromatic N) is 3. The lowest BCUT2D eigenvalue weighted by Crippen LogP contribution is -2.35. The van der Waals surface area contributed by atoms with Crippen LogP contribution in [0.4, 0.5) is 5.95 Å². The molecule has 2 aliphatic carbocycles. The fraction of sp³-hybridized carbons (Fsp3) is 0.810. The number of hydrogen-bond acceptors (Lipinski definition) is 5. The largest absolute Gasteiger partial charge is 0.377 e. The number of aromatic amines is 1. The molecule has 0 atom stereocenters. The Hall–Kier alpha value is -1.40. The molecule has 0 aromatic carbocycles. The minimum atomic E-state index is 0.509. The molecule has 1 aliphatic heterocycles. The van der Waals surface area contributed by atoms with Crippen LogP contribution in [-0.4, -0.2) is 53.4 Å². The van der Waals surface area contributed by atoms with E-state index in [1.54, 1.807) is 12.4 Å². The van der Waals surface area contributed by atoms with E-state index in [-0.39, 0.29) is 0 Å². The molecule has 0 unspecified atom stereocenters. The first kappa shape index (κ1) is 18.9. The topological polar surface area (TPSA) is 65.5 Å². The number of hydrogen-bond donors (Lipinski definition) is 2. The minimum absolute atomic E-state index is 0.509. The molecule has 2 N–H and O–H groups in total. The van der Waals surface area contributed by atoms with Gasteiger partial charge in [0.25, 0.3) is 0 Å². The molecule has 27 heavy (non-hydrogen) atoms. The predicted molar refractivity (Wildman–Crippen MR) is 109 cm³/mol. The highest BCUT2D eigenvalue weighted by atomic mass is 16.5. The normalized spacial score (nSPS) is 32.4. The minimum Gasteiger partial charge on any atom is -0.377 e. The number of hydrazone groups is 1. The van der Waals surface area contributed by atoms with Crippen molar-refractivity contribution < 1.29 is 4.74 Å². The van der Waals surface area contributed by atoms with Gasteiger partial charge in [-0.15, -0.1) is 0 Å². The van der Waals surface area contributed by atoms with Crippen molar-refractivity contribution in [3.63, 3.8) is 0 Å². The first-order valence-corrected chi connectivity index (χ1v) is 10.9. The van der Waals surface area contributed by atoms with E-state index in [2.05, 4.69) is 31.6 Å². The molecule has 6 heteroatoms. The molecule has 1 aromatic rings. The van der Waals surface area contributed by atoms with Crippen LogP contribution < -0.4 is 5.43 Å². The first-order valence-electron chi connectivity index (χ1n) is 10.9. The van der Waals surface area contributed by atoms with Gasteiger partial charge in [0.15, 0.2) is 0 Å². The molecular formula is C21H35N5O. The maximum absolute atomic E-state index is 6.21. The Morgan fingerprint density at radius 3 is 2.63 bits per heavy atom. The van der Waals surface area contributed by atoms with Crippen LogP contribution >= 0.6 is 0 Å². The van der Waals surface area contributed by atoms with Crippen LogP contribution in [0.2, 0.25) is 0 Å². The maximum Gasteiger partial charge on any atom is 0.220 e. The number of likely N-dealkylation sites (tertiary alicyclic amines) is 1. The van der Waals surface area contributed by atoms with Crippen molar-refractivity contribution in [2.75, 3.05) is 31.7 Å². The third kappa shape index (κ3) is 5.32. The lowest BCUT2D eigenvalue weighted by Gasteiger charge is -2.44. The second-order valence-electron chi connectivity index (χ2n) is 8.78. The quantitative estimate of drug-likeness (QED) is 0.559. The maximum atomic E-state index is 6.21. The summed E-state index contributed by atoms with van der Waals surface area (Å²) >= 11 is 0. The fourth-order valence-electron chi connectivity index (χ4n) is 5.16. The lowest BCUT2D eigenvalue weighted by molar-refractivity contribution is -0.0209. The van der Waals surface area contributed by atoms with E-state index in [0.717, 1.165) is 13.2 Å². The smallest absolute Gasteiger partial charge is 0.220 e. The van der Waals surface area contributed by atoms with Crippen molar-refractivity contribution in [2.24, 2.45) is 16.4 Å². The molecule has 1 aromatic heterocycles. The van der Waals surface area contributed by atoms with Gasteiger partial charge in [0.2, 0.25) is 5.95 Å². The van der Waals surface area contributed by atoms with Crippen LogP contribution in [-0.2, 0) is 4.74 Å². The second-order valence-corrected chi connectivity index (χ2v) is 8.78. The van der Waals surface area contributed by atoms with Crippen LogP contribution in [0, 0.1) is 11.3 Å². The van der Waals surface area contributed by atoms with E-state index < -0.39 is 0 Å². The summed E-state index contributed by atoms with van der Waals surface area (Å²) < 4.78 is 6.21. The molecule has 4 rings (SSSR count). The Kier molecular flexibility index (Phi) is 6.45. The standard InChI is InChI=1S/C21H35N5O/c1-2-14-26(13-1)15-16-27-19-5-9-21(10-6-19)7-3-18(4-8-21)17-24-25-20-22-11-12-23-20/h11-12,17-19H,1-10,13-16H2,(H2,22,23,25). The summed E-state index contributed by atoms with van der Waals surface area (Å²) in [5.41, 5.74) is 3.56. The van der Waals surface area contributed by atoms with Gasteiger partial charge in [0, 0.05) is 25.2 Å². The molecule has 0 amide bonds. The van der Waals surface area contributed by atoms with Gasteiger partial charge in [-0.2, -0.15) is 5.10 Å². The summed E-state index contributed by atoms with van der Waals surface area (Å²) in [7, 11) is 0. The molecule has 1 saturated heterocycles. The molecule has 3 aliphatic rings. The number of nitrogens with one attached hydrogen (secondary N) is 2. The SMILES string of the molecule is C(=NNc1ncc[nH]1)C1CCC2(CC1)CCC(OCCN1CCCC1)CC2. The van der Waals surface area contributed by atoms with Gasteiger partial charge >= 0.3 is 0 Å². The van der Waals surface area contributed by atoms with Gasteiger partial charge in [-0.1, -0.05) is 0 Å². The number of ether oxygens (including phenoxy) is 1. The molecule has 150 valence electrons. The van der Waals surface area contributed by atoms with E-state index in [9.17, 15) is 0 Å². The predicted octanol–water partition coefficient (Wildman–Crippen LogP) is 4.04. The zero-order valence-corrected chi connectivity index (χ0v) is 16.5. The summed E-state index contributed by atoms with van der Waals surface area (Å²) in [5.74, 6) is 1.31. The van der Waals surface area contributed by atoms with Crippen LogP contribution in [0.15, 0.2) is 17.5 Å². The van der Waals surface area contributed by atoms with Crippen LogP contribution in [0.1, 0.15) is 64.2 Å². The van der Waals surface area contributed by atoms with Crippen molar-refractivity contribution in [3.8, 4) is 0 Å². The number of imidazole rings is 1. The third-order valence-electron chi connectivity index (χ3n) is 7.00. The zero-order valence-electron chi connectivity index (χ0n) is 16.5. The average Bonchev–Trinajstić information content (AvgIpc) is 3.40. The Morgan fingerprint density at radius 2 is 1.93 bits per heavy atom. The monoisotopic (exact) mass is 373 g/mol. The van der Waals surface area contributed by atoms with Crippen LogP contribution in [0.25, 0.3) is 0 Å². The zero-order chi connectivity index (χ0) is 18.4. The first-order chi connectivity index (χ1) is 13.3. The van der Waals surface area contributed by atoms with Crippen molar-refractivity contribution in [2.45, 2.75) is 70.3 Å². The van der Waals surface area contributed by atoms with Gasteiger partial charge in [0.05, 0.1) is 12.7 Å². The number of rotatable bonds is 7. The molecule has 0 radical (unpaired) electrons. The third-order valence-corrected chi connectivity index (χ3v) is 7.00. The van der Waals surface area contributed by atoms with Gasteiger partial charge in [0.1, 0.15) is 0 Å². The van der Waals surface area contributed by atoms with Crippen LogP contribution in [0.5, 0.6) is 0 Å². The molecule has 2 saturated carbocycles. The summed E-state index contributed by atoms with van der Waals surface area (Å²) in [6.07, 6.45) is 19.3. The summed E-state index contributed by atoms with van der Waals surface area (Å²) in [6.45, 7) is 4.62. The highest BCUT2D eigenvalue weighted by Crippen LogP contribution is 2.49. The lowest BCUT2D eigenvalue weighted by atomic mass is 9.63. The molecule has 6 nitrogen and oxygen atoms in total. The van der Waals surface area contributed by atoms with E-state index >= 15 is 0 Å². The van der Waals surface area contributed by atoms with Gasteiger partial charge in [-0.3, -0.25) is 0 Å². The van der Waals surface area contributed by atoms with Crippen molar-refractivity contribution in [1.82, 2.24) is 14.9 Å². The van der Waals surface area contributed by atoms with Gasteiger partial charge in [-0.05, 0) is 88.6 Å². The highest BCUT2D eigenvalue weighted by molar-refractivity contribution is 5.61. The molecule has 0 bridgehead atoms. The molecular weight excluding hydrogens is 338 g/mol. The van der Waals surface area contributed by atoms with Crippen molar-refractivity contribution in [1.29, 1.82) is 0 Å². The highest BCUT2D eigenvalue weighted by Gasteiger charge is 2.38. The second kappa shape index (κ2) is 9.20. The molecule has 3 fully saturated rings. The number of H-pyrrole nitrogens is 1. The summed E-state index contributed by atoms with van der Waals surface area (Å²) in [6, 6.07) is 0. The van der Waals surface area contributed by atoms with E-state index in [4.69, 9.17) is 4.74 Å². The van der Waals surface area contributed by atoms with E-state index in [1.165, 1.54) is 77.3 Å². The Balaban J connectivity index is 1.12. The number of anilines is 1. The molecule has 2 heterocycles. The Morgan fingerprint density at radius 1 is 1.19 bits per heavy atom. The van der Waals surface area contributed by atoms with Gasteiger partial charge < -0.3 is 14.6 Å². The van der Waals surface area contributed by atoms with E-state index in [1.807, 2.05) is 0 Å². The van der Waals surface area contributed by atoms with Crippen molar-refractivity contribution in [3.05, 3.63) is 12.4 Å². The Bertz CT molecular complexity index is 563. The fourth-order valence-corrected chi connectivity index (χ4v) is 5.16. The summed E-state index contributed by atoms with van der Waals surface area (Å²) in [5, 5.41) is 4.36. The van der Waals surface area contributed by atoms with Crippen LogP contribution in [0.3, 0.4) is 0 Å². The van der Waals surface area contributed by atoms with Crippen molar-refractivity contribution >= 4 is 12.2 Å². The molecule has 1 spiro atoms. The Labute approximate surface area is 163 Å². The van der Waals surface area contributed by atoms with Gasteiger partial charge in [-0.25, -0.2) is 10.4 Å². The summed E-state index contributed by atoms with van der Waals surface area (Å²) in [4.78, 5) is 9.68. The number of aromatic nitrogens is 2. The van der Waals surface area contributed by atoms with E-state index in [0.29, 0.717) is 23.4 Å².